The van der Waals surface area contributed by atoms with Crippen molar-refractivity contribution >= 4 is 55.6 Å². The van der Waals surface area contributed by atoms with Crippen LogP contribution in [0.5, 0.6) is 0 Å². The summed E-state index contributed by atoms with van der Waals surface area (Å²) in [6.45, 7) is 0. The maximum absolute atomic E-state index is 14.0. The van der Waals surface area contributed by atoms with E-state index in [-0.39, 0.29) is 0 Å². The van der Waals surface area contributed by atoms with Crippen LogP contribution in [0.4, 0.5) is 13.2 Å². The van der Waals surface area contributed by atoms with Crippen LogP contribution in [0.3, 0.4) is 0 Å². The number of nitrogens with zero attached hydrogens (tertiary/aromatic N) is 1. The molecular weight excluding hydrogens is 594 g/mol. The van der Waals surface area contributed by atoms with Crippen molar-refractivity contribution in [3.8, 4) is 27.9 Å². The molecule has 0 bridgehead atoms. The predicted molar refractivity (Wildman–Crippen MR) is 169 cm³/mol. The Balaban J connectivity index is 1.49. The van der Waals surface area contributed by atoms with Crippen molar-refractivity contribution < 1.29 is 13.2 Å². The Morgan fingerprint density at radius 1 is 0.500 bits per heavy atom. The number of hydrogen-bond acceptors (Lipinski definition) is 0. The molecule has 1 nitrogen and oxygen atoms in total. The summed E-state index contributed by atoms with van der Waals surface area (Å²) in [4.78, 5) is 0. The number of rotatable bonds is 3. The number of benzene rings is 6. The summed E-state index contributed by atoms with van der Waals surface area (Å²) in [6.07, 6.45) is -4.38. The summed E-state index contributed by atoms with van der Waals surface area (Å²) in [7, 11) is 0. The molecule has 42 heavy (non-hydrogen) atoms. The summed E-state index contributed by atoms with van der Waals surface area (Å²) in [5.74, 6) is 0. The van der Waals surface area contributed by atoms with Crippen LogP contribution in [0.1, 0.15) is 5.56 Å². The van der Waals surface area contributed by atoms with Crippen molar-refractivity contribution in [1.82, 2.24) is 4.57 Å². The van der Waals surface area contributed by atoms with Crippen LogP contribution in [0, 0.1) is 0 Å². The molecule has 0 radical (unpaired) electrons. The van der Waals surface area contributed by atoms with Crippen LogP contribution in [0.15, 0.2) is 133 Å². The normalized spacial score (nSPS) is 12.2. The van der Waals surface area contributed by atoms with E-state index in [4.69, 9.17) is 0 Å². The minimum absolute atomic E-state index is 0.425. The van der Waals surface area contributed by atoms with E-state index in [1.54, 1.807) is 6.07 Å². The van der Waals surface area contributed by atoms with Crippen LogP contribution in [-0.4, -0.2) is 19.1 Å². The monoisotopic (exact) mass is 617 g/mol. The third kappa shape index (κ3) is 3.93. The van der Waals surface area contributed by atoms with Crippen LogP contribution in [0.25, 0.3) is 69.0 Å². The summed E-state index contributed by atoms with van der Waals surface area (Å²) in [5.41, 5.74) is 6.94. The standard InChI is InChI=1S/C37H22F3NSe/c38-37(39,40)30-16-9-15-29-35-33(42-36(29)30)19-18-32-34(35)28-14-7-8-17-31(28)41(32)27-21-25(23-10-3-1-4-11-23)20-26(22-27)24-12-5-2-6-13-24/h1-22H. The zero-order valence-corrected chi connectivity index (χ0v) is 23.9. The molecule has 2 heterocycles. The first-order valence-corrected chi connectivity index (χ1v) is 15.4. The maximum atomic E-state index is 14.0. The van der Waals surface area contributed by atoms with E-state index in [1.165, 1.54) is 6.07 Å². The molecule has 0 N–H and O–H groups in total. The number of para-hydroxylation sites is 1. The van der Waals surface area contributed by atoms with Crippen LogP contribution in [-0.2, 0) is 6.18 Å². The van der Waals surface area contributed by atoms with E-state index >= 15 is 0 Å². The van der Waals surface area contributed by atoms with Gasteiger partial charge in [-0.15, -0.1) is 0 Å². The van der Waals surface area contributed by atoms with Gasteiger partial charge in [0.2, 0.25) is 0 Å². The number of aromatic nitrogens is 1. The van der Waals surface area contributed by atoms with Gasteiger partial charge in [0, 0.05) is 0 Å². The van der Waals surface area contributed by atoms with E-state index in [0.717, 1.165) is 59.4 Å². The van der Waals surface area contributed by atoms with E-state index in [1.807, 2.05) is 60.7 Å². The second-order valence-electron chi connectivity index (χ2n) is 10.5. The fraction of sp³-hybridized carbons (Fsp3) is 0.0270. The van der Waals surface area contributed by atoms with Crippen LogP contribution in [0.2, 0.25) is 0 Å². The second-order valence-corrected chi connectivity index (χ2v) is 12.7. The van der Waals surface area contributed by atoms with E-state index in [0.29, 0.717) is 9.65 Å². The van der Waals surface area contributed by atoms with Gasteiger partial charge in [-0.25, -0.2) is 0 Å². The molecule has 0 amide bonds. The Morgan fingerprint density at radius 2 is 1.12 bits per heavy atom. The first-order chi connectivity index (χ1) is 20.5. The first-order valence-electron chi connectivity index (χ1n) is 13.7. The molecule has 202 valence electrons. The van der Waals surface area contributed by atoms with Gasteiger partial charge in [-0.3, -0.25) is 0 Å². The molecule has 2 aromatic heterocycles. The molecule has 0 aliphatic carbocycles. The van der Waals surface area contributed by atoms with Gasteiger partial charge in [0.15, 0.2) is 0 Å². The molecule has 0 unspecified atom stereocenters. The third-order valence-corrected chi connectivity index (χ3v) is 10.5. The van der Waals surface area contributed by atoms with Crippen molar-refractivity contribution in [3.05, 3.63) is 139 Å². The van der Waals surface area contributed by atoms with Crippen LogP contribution < -0.4 is 0 Å². The Bertz CT molecular complexity index is 2220. The molecule has 0 saturated heterocycles. The van der Waals surface area contributed by atoms with E-state index in [2.05, 4.69) is 65.2 Å². The van der Waals surface area contributed by atoms with Crippen molar-refractivity contribution in [2.24, 2.45) is 0 Å². The molecule has 0 spiro atoms. The average molecular weight is 617 g/mol. The molecule has 6 aromatic carbocycles. The average Bonchev–Trinajstić information content (AvgIpc) is 3.57. The van der Waals surface area contributed by atoms with Crippen molar-refractivity contribution in [2.75, 3.05) is 0 Å². The Labute approximate surface area is 245 Å². The SMILES string of the molecule is FC(F)(F)c1cccc2c1[se]c1ccc3c(c4ccccc4n3-c3cc(-c4ccccc4)cc(-c4ccccc4)c3)c12. The quantitative estimate of drug-likeness (QED) is 0.174. The third-order valence-electron chi connectivity index (χ3n) is 7.99. The number of halogens is 3. The molecule has 0 saturated carbocycles. The van der Waals surface area contributed by atoms with Crippen molar-refractivity contribution in [1.29, 1.82) is 0 Å². The van der Waals surface area contributed by atoms with Gasteiger partial charge in [-0.2, -0.15) is 0 Å². The molecule has 0 fully saturated rings. The van der Waals surface area contributed by atoms with Gasteiger partial charge in [0.1, 0.15) is 0 Å². The van der Waals surface area contributed by atoms with Gasteiger partial charge < -0.3 is 0 Å². The van der Waals surface area contributed by atoms with Gasteiger partial charge in [0.05, 0.1) is 0 Å². The molecule has 0 aliphatic rings. The Morgan fingerprint density at radius 3 is 1.79 bits per heavy atom. The number of alkyl halides is 3. The van der Waals surface area contributed by atoms with Crippen LogP contribution >= 0.6 is 0 Å². The summed E-state index contributed by atoms with van der Waals surface area (Å²) in [5, 5.41) is 3.69. The van der Waals surface area contributed by atoms with Crippen molar-refractivity contribution in [3.63, 3.8) is 0 Å². The van der Waals surface area contributed by atoms with Gasteiger partial charge in [-0.1, -0.05) is 0 Å². The Kier molecular flexibility index (Phi) is 5.68. The topological polar surface area (TPSA) is 4.93 Å². The molecular formula is C37H22F3NSe. The predicted octanol–water partition coefficient (Wildman–Crippen LogP) is 10.5. The molecule has 0 atom stereocenters. The van der Waals surface area contributed by atoms with Gasteiger partial charge in [-0.05, 0) is 0 Å². The molecule has 0 aliphatic heterocycles. The van der Waals surface area contributed by atoms with Gasteiger partial charge in [0.25, 0.3) is 0 Å². The number of fused-ring (bicyclic) bond motifs is 7. The summed E-state index contributed by atoms with van der Waals surface area (Å²) in [6, 6.07) is 44.3. The minimum atomic E-state index is -4.38. The second kappa shape index (κ2) is 9.49. The van der Waals surface area contributed by atoms with E-state index < -0.39 is 26.2 Å². The molecule has 8 rings (SSSR count). The zero-order valence-electron chi connectivity index (χ0n) is 22.2. The fourth-order valence-electron chi connectivity index (χ4n) is 6.18. The summed E-state index contributed by atoms with van der Waals surface area (Å²) < 4.78 is 45.7. The van der Waals surface area contributed by atoms with E-state index in [9.17, 15) is 13.2 Å². The fourth-order valence-corrected chi connectivity index (χ4v) is 8.79. The Hall–Kier alpha value is -4.57. The summed E-state index contributed by atoms with van der Waals surface area (Å²) >= 11 is -0.429. The molecule has 8 aromatic rings. The first kappa shape index (κ1) is 25.2. The van der Waals surface area contributed by atoms with Gasteiger partial charge >= 0.3 is 246 Å². The van der Waals surface area contributed by atoms with Crippen molar-refractivity contribution in [2.45, 2.75) is 6.18 Å². The zero-order chi connectivity index (χ0) is 28.4. The molecule has 5 heteroatoms. The number of hydrogen-bond donors (Lipinski definition) is 0.